The lowest BCUT2D eigenvalue weighted by Gasteiger charge is -2.40. The molecular formula is C45H88BF8O9. The van der Waals surface area contributed by atoms with E-state index in [-0.39, 0.29) is 98.4 Å². The normalized spacial score (nSPS) is 39.8. The predicted octanol–water partition coefficient (Wildman–Crippen LogP) is 9.35. The molecule has 9 nitrogen and oxygen atoms in total. The summed E-state index contributed by atoms with van der Waals surface area (Å²) in [6, 6.07) is 0. The van der Waals surface area contributed by atoms with Crippen LogP contribution in [0.5, 0.6) is 0 Å². The second kappa shape index (κ2) is 32.0. The lowest BCUT2D eigenvalue weighted by atomic mass is 9.70. The SMILES string of the molecule is C.CCCC1CCC(C(=O)O)CC1.CCCC1CCC(C(=O)OC2CCC(C3CC(F)C(F)C(F)C3)C(F)C2)CC1.O.O.O.O.OC1CCC(C2CC(F)C(F)C(F)C2)C(F)C1.[2HH].[B].[HH].[HH]. The molecule has 6 rings (SSSR count). The van der Waals surface area contributed by atoms with E-state index < -0.39 is 91.2 Å². The van der Waals surface area contributed by atoms with Crippen molar-refractivity contribution in [2.45, 2.75) is 224 Å². The summed E-state index contributed by atoms with van der Waals surface area (Å²) < 4.78 is 114. The fourth-order valence-electron chi connectivity index (χ4n) is 10.9. The first-order chi connectivity index (χ1) is 27.1. The number of carbonyl (C=O) groups excluding carboxylic acids is 1. The first-order valence-electron chi connectivity index (χ1n) is 22.3. The molecule has 6 saturated carbocycles. The third-order valence-corrected chi connectivity index (χ3v) is 14.3. The first-order valence-corrected chi connectivity index (χ1v) is 22.3. The van der Waals surface area contributed by atoms with Crippen LogP contribution in [0.1, 0.15) is 167 Å². The molecule has 18 heteroatoms. The minimum absolute atomic E-state index is 0. The number of aliphatic hydroxyl groups is 1. The fraction of sp³-hybridized carbons (Fsp3) is 0.956. The average molecular weight is 937 g/mol. The molecule has 0 heterocycles. The molecule has 0 aromatic rings. The van der Waals surface area contributed by atoms with Crippen LogP contribution >= 0.6 is 0 Å². The number of carboxylic acid groups (broad SMARTS) is 1. The van der Waals surface area contributed by atoms with Crippen molar-refractivity contribution in [2.24, 2.45) is 47.3 Å². The highest BCUT2D eigenvalue weighted by molar-refractivity contribution is 5.75. The Labute approximate surface area is 377 Å². The maximum absolute atomic E-state index is 14.7. The molecule has 6 fully saturated rings. The van der Waals surface area contributed by atoms with E-state index in [0.717, 1.165) is 57.3 Å². The zero-order valence-corrected chi connectivity index (χ0v) is 36.7. The summed E-state index contributed by atoms with van der Waals surface area (Å²) in [7, 11) is 0. The monoisotopic (exact) mass is 937 g/mol. The third-order valence-electron chi connectivity index (χ3n) is 14.3. The minimum atomic E-state index is -2.08. The molecule has 6 aliphatic carbocycles. The number of carboxylic acids is 1. The van der Waals surface area contributed by atoms with Gasteiger partial charge < -0.3 is 36.9 Å². The Balaban J connectivity index is -0.000000207. The topological polar surface area (TPSA) is 210 Å². The van der Waals surface area contributed by atoms with E-state index in [2.05, 4.69) is 13.8 Å². The van der Waals surface area contributed by atoms with Crippen LogP contribution in [0.15, 0.2) is 0 Å². The lowest BCUT2D eigenvalue weighted by molar-refractivity contribution is -0.159. The number of hydrogen-bond acceptors (Lipinski definition) is 4. The average Bonchev–Trinajstić information content (AvgIpc) is 3.17. The fourth-order valence-corrected chi connectivity index (χ4v) is 10.9. The van der Waals surface area contributed by atoms with E-state index in [9.17, 15) is 49.8 Å². The minimum Gasteiger partial charge on any atom is -0.481 e. The van der Waals surface area contributed by atoms with Gasteiger partial charge in [0.1, 0.15) is 43.1 Å². The maximum Gasteiger partial charge on any atom is 0.309 e. The summed E-state index contributed by atoms with van der Waals surface area (Å²) in [5.74, 6) is -1.22. The second-order valence-electron chi connectivity index (χ2n) is 18.5. The number of aliphatic hydroxyl groups excluding tert-OH is 1. The highest BCUT2D eigenvalue weighted by Crippen LogP contribution is 2.44. The van der Waals surface area contributed by atoms with Crippen LogP contribution in [-0.4, -0.2) is 114 Å². The van der Waals surface area contributed by atoms with E-state index in [1.165, 1.54) is 25.7 Å². The molecule has 10 atom stereocenters. The van der Waals surface area contributed by atoms with Crippen molar-refractivity contribution in [3.8, 4) is 0 Å². The van der Waals surface area contributed by atoms with Gasteiger partial charge in [-0.25, -0.2) is 35.1 Å². The molecule has 0 aliphatic heterocycles. The smallest absolute Gasteiger partial charge is 0.309 e. The third kappa shape index (κ3) is 19.6. The first kappa shape index (κ1) is 65.5. The summed E-state index contributed by atoms with van der Waals surface area (Å²) >= 11 is 0. The molecule has 0 amide bonds. The molecule has 3 radical (unpaired) electrons. The Bertz CT molecular complexity index is 1200. The molecule has 0 bridgehead atoms. The van der Waals surface area contributed by atoms with Gasteiger partial charge in [0.25, 0.3) is 0 Å². The Kier molecular flexibility index (Phi) is 33.3. The number of ether oxygens (including phenoxy) is 1. The van der Waals surface area contributed by atoms with E-state index in [4.69, 9.17) is 9.84 Å². The van der Waals surface area contributed by atoms with Gasteiger partial charge in [-0.15, -0.1) is 0 Å². The quantitative estimate of drug-likeness (QED) is 0.131. The number of halogens is 8. The van der Waals surface area contributed by atoms with Gasteiger partial charge in [-0.05, 0) is 138 Å². The van der Waals surface area contributed by atoms with Crippen molar-refractivity contribution in [1.82, 2.24) is 0 Å². The summed E-state index contributed by atoms with van der Waals surface area (Å²) in [4.78, 5) is 23.1. The Morgan fingerprint density at radius 3 is 1.25 bits per heavy atom. The Morgan fingerprint density at radius 2 is 0.905 bits per heavy atom. The van der Waals surface area contributed by atoms with Gasteiger partial charge in [0, 0.05) is 25.5 Å². The van der Waals surface area contributed by atoms with Crippen molar-refractivity contribution in [3.05, 3.63) is 0 Å². The molecule has 0 aromatic heterocycles. The van der Waals surface area contributed by atoms with Crippen LogP contribution in [0, 0.1) is 47.3 Å². The maximum atomic E-state index is 14.7. The van der Waals surface area contributed by atoms with Crippen molar-refractivity contribution in [3.63, 3.8) is 0 Å². The lowest BCUT2D eigenvalue weighted by Crippen LogP contribution is -2.44. The van der Waals surface area contributed by atoms with Crippen molar-refractivity contribution in [1.29, 1.82) is 0 Å². The van der Waals surface area contributed by atoms with Crippen molar-refractivity contribution < 1.29 is 85.8 Å². The molecular weight excluding hydrogens is 847 g/mol. The van der Waals surface area contributed by atoms with Crippen LogP contribution in [0.4, 0.5) is 35.1 Å². The van der Waals surface area contributed by atoms with Crippen LogP contribution < -0.4 is 0 Å². The van der Waals surface area contributed by atoms with Crippen LogP contribution in [-0.2, 0) is 14.3 Å². The molecule has 63 heavy (non-hydrogen) atoms. The number of hydrogen-bond donors (Lipinski definition) is 2. The molecule has 10 unspecified atom stereocenters. The van der Waals surface area contributed by atoms with E-state index in [1.807, 2.05) is 0 Å². The standard InChI is InChI=1S/C22H34F4O2.C12H18F4O.C10H18O2.CH4.B.4H2O.3H2/c1-2-3-13-4-6-14(7-5-13)22(27)28-16-8-9-17(18(23)12-16)15-10-19(24)21(26)20(25)11-15;13-9-5-7(17)1-2-8(9)6-3-10(14)12(16)11(15)4-6;1-2-3-8-4-6-9(7-5-8)10(11)12;;;;;;;;;/h13-21H,2-12H2,1H3;6-12,17H,1-5H2;8-9H,2-7H2,1H3,(H,11,12);1H4;;4*1H2;3*1H/i;;;;;;;;;1+1;;. The van der Waals surface area contributed by atoms with E-state index in [1.54, 1.807) is 0 Å². The largest absolute Gasteiger partial charge is 0.481 e. The molecule has 0 aromatic carbocycles. The van der Waals surface area contributed by atoms with Gasteiger partial charge in [-0.3, -0.25) is 9.59 Å². The molecule has 0 spiro atoms. The molecule has 10 N–H and O–H groups in total. The van der Waals surface area contributed by atoms with Gasteiger partial charge in [0.2, 0.25) is 0 Å². The van der Waals surface area contributed by atoms with E-state index in [0.29, 0.717) is 31.6 Å². The second-order valence-corrected chi connectivity index (χ2v) is 18.5. The summed E-state index contributed by atoms with van der Waals surface area (Å²) in [6.45, 7) is 4.37. The van der Waals surface area contributed by atoms with Crippen LogP contribution in [0.2, 0.25) is 0 Å². The van der Waals surface area contributed by atoms with Crippen molar-refractivity contribution in [2.75, 3.05) is 0 Å². The summed E-state index contributed by atoms with van der Waals surface area (Å²) in [5, 5.41) is 18.0. The van der Waals surface area contributed by atoms with Crippen LogP contribution in [0.25, 0.3) is 0 Å². The summed E-state index contributed by atoms with van der Waals surface area (Å²) in [5.41, 5.74) is 0. The van der Waals surface area contributed by atoms with Gasteiger partial charge in [0.15, 0.2) is 12.3 Å². The van der Waals surface area contributed by atoms with Crippen molar-refractivity contribution >= 4 is 20.4 Å². The zero-order valence-electron chi connectivity index (χ0n) is 36.7. The number of carbonyl (C=O) groups is 2. The highest BCUT2D eigenvalue weighted by atomic mass is 19.2. The molecule has 0 saturated heterocycles. The van der Waals surface area contributed by atoms with Gasteiger partial charge in [-0.2, -0.15) is 0 Å². The summed E-state index contributed by atoms with van der Waals surface area (Å²) in [6.07, 6.45) is -0.727. The van der Waals surface area contributed by atoms with Gasteiger partial charge in [-0.1, -0.05) is 47.0 Å². The van der Waals surface area contributed by atoms with Crippen LogP contribution in [0.3, 0.4) is 0 Å². The van der Waals surface area contributed by atoms with E-state index >= 15 is 0 Å². The Morgan fingerprint density at radius 1 is 0.540 bits per heavy atom. The predicted molar refractivity (Wildman–Crippen MR) is 237 cm³/mol. The number of esters is 1. The Hall–Kier alpha value is -1.76. The molecule has 6 aliphatic rings. The number of aliphatic carboxylic acids is 1. The number of alkyl halides is 8. The highest BCUT2D eigenvalue weighted by Gasteiger charge is 2.47. The zero-order chi connectivity index (χ0) is 41.8. The molecule has 381 valence electrons. The van der Waals surface area contributed by atoms with Gasteiger partial charge >= 0.3 is 11.9 Å². The number of rotatable bonds is 9. The van der Waals surface area contributed by atoms with Gasteiger partial charge in [0.05, 0.1) is 17.9 Å².